The fraction of sp³-hybridized carbons (Fsp3) is 0.467. The molecular formula is C15H18N2O4S. The van der Waals surface area contributed by atoms with E-state index in [1.165, 1.54) is 4.90 Å². The predicted molar refractivity (Wildman–Crippen MR) is 83.7 cm³/mol. The van der Waals surface area contributed by atoms with Crippen molar-refractivity contribution < 1.29 is 19.4 Å². The average Bonchev–Trinajstić information content (AvgIpc) is 2.90. The van der Waals surface area contributed by atoms with E-state index in [-0.39, 0.29) is 12.0 Å². The number of hydrogen-bond donors (Lipinski definition) is 2. The molecule has 0 saturated carbocycles. The third kappa shape index (κ3) is 3.05. The summed E-state index contributed by atoms with van der Waals surface area (Å²) in [5.74, 6) is 0.655. The molecule has 2 aliphatic rings. The van der Waals surface area contributed by atoms with Crippen LogP contribution in [0, 0.1) is 0 Å². The van der Waals surface area contributed by atoms with E-state index in [0.29, 0.717) is 11.6 Å². The van der Waals surface area contributed by atoms with Crippen LogP contribution >= 0.6 is 11.8 Å². The van der Waals surface area contributed by atoms with Gasteiger partial charge in [-0.25, -0.2) is 4.79 Å². The Hall–Kier alpha value is -1.73. The highest BCUT2D eigenvalue weighted by Crippen LogP contribution is 2.35. The van der Waals surface area contributed by atoms with Crippen molar-refractivity contribution in [2.24, 2.45) is 5.73 Å². The Morgan fingerprint density at radius 1 is 1.36 bits per heavy atom. The van der Waals surface area contributed by atoms with Crippen LogP contribution in [0.3, 0.4) is 0 Å². The van der Waals surface area contributed by atoms with Gasteiger partial charge in [0.2, 0.25) is 0 Å². The number of nitrogens with zero attached hydrogens (tertiary/aromatic N) is 1. The first-order chi connectivity index (χ1) is 10.5. The van der Waals surface area contributed by atoms with E-state index in [9.17, 15) is 14.7 Å². The number of aliphatic hydroxyl groups is 1. The lowest BCUT2D eigenvalue weighted by Gasteiger charge is -2.26. The second-order valence-corrected chi connectivity index (χ2v) is 6.81. The van der Waals surface area contributed by atoms with Gasteiger partial charge in [0.05, 0.1) is 12.0 Å². The number of nitrogens with two attached hydrogens (primary N) is 1. The topological polar surface area (TPSA) is 92.9 Å². The maximum Gasteiger partial charge on any atom is 0.415 e. The van der Waals surface area contributed by atoms with Gasteiger partial charge in [-0.05, 0) is 42.2 Å². The largest absolute Gasteiger partial charge is 0.434 e. The van der Waals surface area contributed by atoms with Gasteiger partial charge < -0.3 is 15.6 Å². The van der Waals surface area contributed by atoms with Gasteiger partial charge in [0.1, 0.15) is 0 Å². The molecule has 3 N–H and O–H groups in total. The molecule has 1 aromatic carbocycles. The molecule has 2 aliphatic heterocycles. The average molecular weight is 322 g/mol. The first-order valence-corrected chi connectivity index (χ1v) is 8.26. The first-order valence-electron chi connectivity index (χ1n) is 7.21. The Kier molecular flexibility index (Phi) is 4.26. The van der Waals surface area contributed by atoms with Crippen LogP contribution in [0.5, 0.6) is 0 Å². The van der Waals surface area contributed by atoms with E-state index in [0.717, 1.165) is 24.2 Å². The number of amides is 2. The number of benzene rings is 1. The van der Waals surface area contributed by atoms with E-state index in [2.05, 4.69) is 0 Å². The van der Waals surface area contributed by atoms with Crippen LogP contribution in [0.25, 0.3) is 0 Å². The van der Waals surface area contributed by atoms with Gasteiger partial charge in [0.15, 0.2) is 6.10 Å². The number of hydrogen-bond acceptors (Lipinski definition) is 5. The van der Waals surface area contributed by atoms with Gasteiger partial charge in [-0.15, -0.1) is 11.8 Å². The third-order valence-electron chi connectivity index (χ3n) is 4.07. The second kappa shape index (κ2) is 6.18. The molecule has 3 atom stereocenters. The Labute approximate surface area is 132 Å². The second-order valence-electron chi connectivity index (χ2n) is 5.52. The highest BCUT2D eigenvalue weighted by atomic mass is 32.2. The number of cyclic esters (lactones) is 1. The van der Waals surface area contributed by atoms with E-state index < -0.39 is 18.1 Å². The highest BCUT2D eigenvalue weighted by molar-refractivity contribution is 7.99. The maximum absolute atomic E-state index is 11.8. The summed E-state index contributed by atoms with van der Waals surface area (Å²) in [4.78, 5) is 24.3. The molecule has 0 aliphatic carbocycles. The van der Waals surface area contributed by atoms with Gasteiger partial charge in [0.25, 0.3) is 5.91 Å². The lowest BCUT2D eigenvalue weighted by atomic mass is 9.93. The van der Waals surface area contributed by atoms with Crippen LogP contribution in [-0.4, -0.2) is 40.9 Å². The van der Waals surface area contributed by atoms with Crippen molar-refractivity contribution in [3.63, 3.8) is 0 Å². The van der Waals surface area contributed by atoms with E-state index >= 15 is 0 Å². The number of carbonyl (C=O) groups excluding carboxylic acids is 2. The van der Waals surface area contributed by atoms with Crippen LogP contribution in [-0.2, 0) is 9.53 Å². The molecule has 1 aromatic rings. The van der Waals surface area contributed by atoms with Crippen molar-refractivity contribution in [2.75, 3.05) is 17.2 Å². The van der Waals surface area contributed by atoms with Crippen LogP contribution in [0.1, 0.15) is 24.3 Å². The lowest BCUT2D eigenvalue weighted by Crippen LogP contribution is -2.32. The van der Waals surface area contributed by atoms with Gasteiger partial charge in [-0.2, -0.15) is 0 Å². The number of anilines is 1. The van der Waals surface area contributed by atoms with Crippen molar-refractivity contribution in [3.05, 3.63) is 29.8 Å². The Morgan fingerprint density at radius 2 is 2.09 bits per heavy atom. The van der Waals surface area contributed by atoms with Crippen molar-refractivity contribution >= 4 is 29.4 Å². The van der Waals surface area contributed by atoms with E-state index in [1.54, 1.807) is 11.8 Å². The summed E-state index contributed by atoms with van der Waals surface area (Å²) >= 11 is 1.59. The molecular weight excluding hydrogens is 304 g/mol. The SMILES string of the molecule is NC(=O)[C@H]1CN(c2ccc([C@@H]3CCS[C@@H](O)C3)cc2)C(=O)O1. The number of aliphatic hydroxyl groups excluding tert-OH is 1. The van der Waals surface area contributed by atoms with Crippen LogP contribution in [0.2, 0.25) is 0 Å². The quantitative estimate of drug-likeness (QED) is 0.878. The standard InChI is InChI=1S/C15H18N2O4S/c16-14(19)12-8-17(15(20)21-12)11-3-1-9(2-4-11)10-5-6-22-13(18)7-10/h1-4,10,12-13,18H,5-8H2,(H2,16,19)/t10-,12-,13-/m1/s1. The molecule has 2 fully saturated rings. The summed E-state index contributed by atoms with van der Waals surface area (Å²) in [5.41, 5.74) is 6.70. The van der Waals surface area contributed by atoms with E-state index in [4.69, 9.17) is 10.5 Å². The third-order valence-corrected chi connectivity index (χ3v) is 5.12. The van der Waals surface area contributed by atoms with Crippen molar-refractivity contribution in [1.82, 2.24) is 0 Å². The zero-order valence-electron chi connectivity index (χ0n) is 12.0. The fourth-order valence-corrected chi connectivity index (χ4v) is 3.89. The number of primary amides is 1. The molecule has 2 saturated heterocycles. The summed E-state index contributed by atoms with van der Waals surface area (Å²) < 4.78 is 4.93. The van der Waals surface area contributed by atoms with Crippen LogP contribution in [0.15, 0.2) is 24.3 Å². The minimum atomic E-state index is -0.891. The molecule has 0 aromatic heterocycles. The zero-order chi connectivity index (χ0) is 15.7. The van der Waals surface area contributed by atoms with Crippen molar-refractivity contribution in [3.8, 4) is 0 Å². The van der Waals surface area contributed by atoms with Crippen molar-refractivity contribution in [1.29, 1.82) is 0 Å². The van der Waals surface area contributed by atoms with Gasteiger partial charge >= 0.3 is 6.09 Å². The molecule has 2 amide bonds. The van der Waals surface area contributed by atoms with E-state index in [1.807, 2.05) is 24.3 Å². The molecule has 0 radical (unpaired) electrons. The zero-order valence-corrected chi connectivity index (χ0v) is 12.8. The number of rotatable bonds is 3. The number of thioether (sulfide) groups is 1. The summed E-state index contributed by atoms with van der Waals surface area (Å²) in [6.45, 7) is 0.145. The summed E-state index contributed by atoms with van der Waals surface area (Å²) in [6.07, 6.45) is 0.342. The predicted octanol–water partition coefficient (Wildman–Crippen LogP) is 1.43. The van der Waals surface area contributed by atoms with Gasteiger partial charge in [0, 0.05) is 5.69 Å². The molecule has 7 heteroatoms. The van der Waals surface area contributed by atoms with Crippen LogP contribution in [0.4, 0.5) is 10.5 Å². The number of ether oxygens (including phenoxy) is 1. The minimum Gasteiger partial charge on any atom is -0.434 e. The lowest BCUT2D eigenvalue weighted by molar-refractivity contribution is -0.124. The summed E-state index contributed by atoms with van der Waals surface area (Å²) in [6, 6.07) is 7.61. The molecule has 118 valence electrons. The summed E-state index contributed by atoms with van der Waals surface area (Å²) in [7, 11) is 0. The maximum atomic E-state index is 11.8. The molecule has 2 heterocycles. The Balaban J connectivity index is 1.71. The Bertz CT molecular complexity index is 577. The van der Waals surface area contributed by atoms with Gasteiger partial charge in [-0.3, -0.25) is 9.69 Å². The number of carbonyl (C=O) groups is 2. The normalized spacial score (nSPS) is 28.5. The Morgan fingerprint density at radius 3 is 2.68 bits per heavy atom. The molecule has 22 heavy (non-hydrogen) atoms. The highest BCUT2D eigenvalue weighted by Gasteiger charge is 2.35. The molecule has 6 nitrogen and oxygen atoms in total. The minimum absolute atomic E-state index is 0.145. The molecule has 0 spiro atoms. The van der Waals surface area contributed by atoms with Crippen LogP contribution < -0.4 is 10.6 Å². The van der Waals surface area contributed by atoms with Gasteiger partial charge in [-0.1, -0.05) is 12.1 Å². The monoisotopic (exact) mass is 322 g/mol. The van der Waals surface area contributed by atoms with Crippen molar-refractivity contribution in [2.45, 2.75) is 30.3 Å². The molecule has 3 rings (SSSR count). The summed E-state index contributed by atoms with van der Waals surface area (Å²) in [5, 5.41) is 9.73. The first kappa shape index (κ1) is 15.2. The molecule has 0 bridgehead atoms. The smallest absolute Gasteiger partial charge is 0.415 e. The molecule has 0 unspecified atom stereocenters. The fourth-order valence-electron chi connectivity index (χ4n) is 2.83.